The van der Waals surface area contributed by atoms with Gasteiger partial charge in [0, 0.05) is 18.1 Å². The highest BCUT2D eigenvalue weighted by Gasteiger charge is 2.37. The third-order valence-corrected chi connectivity index (χ3v) is 7.91. The topological polar surface area (TPSA) is 93.1 Å². The molecule has 1 aliphatic heterocycles. The zero-order valence-corrected chi connectivity index (χ0v) is 21.0. The Bertz CT molecular complexity index is 1440. The quantitative estimate of drug-likeness (QED) is 0.368. The summed E-state index contributed by atoms with van der Waals surface area (Å²) < 4.78 is 92.9. The number of halogens is 5. The number of carbonyl (C=O) groups is 1. The summed E-state index contributed by atoms with van der Waals surface area (Å²) in [5.41, 5.74) is -0.524. The number of rotatable bonds is 8. The maximum Gasteiger partial charge on any atom is 0.416 e. The van der Waals surface area contributed by atoms with E-state index in [-0.39, 0.29) is 41.6 Å². The molecule has 0 unspecified atom stereocenters. The Balaban J connectivity index is 1.71. The standard InChI is InChI=1S/C25H20ClF4NO6S/c26-21-5-2-6-22(27)20(21)13-36-17-8-7-15-9-18(37-14-24(32)33)12-31(23(15)11-17)38(34,35)19-4-1-3-16(10-19)25(28,29)30/h1-8,10-11,18H,9,12-14H2,(H,32,33)/t18-/m1/s1. The van der Waals surface area contributed by atoms with Gasteiger partial charge in [-0.3, -0.25) is 4.31 Å². The Hall–Kier alpha value is -3.35. The van der Waals surface area contributed by atoms with E-state index in [4.69, 9.17) is 26.2 Å². The van der Waals surface area contributed by atoms with Crippen molar-refractivity contribution in [3.8, 4) is 5.75 Å². The highest BCUT2D eigenvalue weighted by Crippen LogP contribution is 2.37. The lowest BCUT2D eigenvalue weighted by Gasteiger charge is -2.35. The van der Waals surface area contributed by atoms with E-state index in [9.17, 15) is 30.8 Å². The van der Waals surface area contributed by atoms with Crippen LogP contribution in [0.3, 0.4) is 0 Å². The molecular weight excluding hydrogens is 554 g/mol. The van der Waals surface area contributed by atoms with Gasteiger partial charge in [0.1, 0.15) is 24.8 Å². The third-order valence-electron chi connectivity index (χ3n) is 5.78. The van der Waals surface area contributed by atoms with Crippen LogP contribution in [-0.4, -0.2) is 38.7 Å². The number of fused-ring (bicyclic) bond motifs is 1. The summed E-state index contributed by atoms with van der Waals surface area (Å²) in [5, 5.41) is 9.10. The molecule has 3 aromatic carbocycles. The molecule has 13 heteroatoms. The molecule has 0 fully saturated rings. The summed E-state index contributed by atoms with van der Waals surface area (Å²) in [6, 6.07) is 11.8. The van der Waals surface area contributed by atoms with E-state index in [1.165, 1.54) is 36.4 Å². The zero-order chi connectivity index (χ0) is 27.7. The van der Waals surface area contributed by atoms with Gasteiger partial charge >= 0.3 is 12.1 Å². The van der Waals surface area contributed by atoms with Crippen LogP contribution in [0.4, 0.5) is 23.2 Å². The van der Waals surface area contributed by atoms with Crippen molar-refractivity contribution in [2.24, 2.45) is 0 Å². The summed E-state index contributed by atoms with van der Waals surface area (Å²) in [4.78, 5) is 10.4. The Labute approximate surface area is 220 Å². The minimum atomic E-state index is -4.77. The van der Waals surface area contributed by atoms with Crippen molar-refractivity contribution in [1.29, 1.82) is 0 Å². The van der Waals surface area contributed by atoms with Crippen molar-refractivity contribution in [2.45, 2.75) is 30.2 Å². The molecule has 1 aliphatic rings. The molecule has 1 atom stereocenters. The second-order valence-corrected chi connectivity index (χ2v) is 10.6. The van der Waals surface area contributed by atoms with Gasteiger partial charge in [-0.25, -0.2) is 17.6 Å². The number of carboxylic acid groups (broad SMARTS) is 1. The number of alkyl halides is 3. The first-order valence-electron chi connectivity index (χ1n) is 11.1. The summed E-state index contributed by atoms with van der Waals surface area (Å²) >= 11 is 6.03. The van der Waals surface area contributed by atoms with Crippen molar-refractivity contribution in [3.05, 3.63) is 88.2 Å². The minimum Gasteiger partial charge on any atom is -0.489 e. The van der Waals surface area contributed by atoms with Gasteiger partial charge in [-0.2, -0.15) is 13.2 Å². The molecule has 0 spiro atoms. The predicted octanol–water partition coefficient (Wildman–Crippen LogP) is 5.30. The average Bonchev–Trinajstić information content (AvgIpc) is 2.86. The Morgan fingerprint density at radius 1 is 1.11 bits per heavy atom. The maximum absolute atomic E-state index is 14.1. The summed E-state index contributed by atoms with van der Waals surface area (Å²) in [6.45, 7) is -1.32. The average molecular weight is 574 g/mol. The second-order valence-electron chi connectivity index (χ2n) is 8.37. The number of anilines is 1. The Kier molecular flexibility index (Phi) is 7.86. The molecule has 202 valence electrons. The molecule has 0 saturated carbocycles. The molecule has 0 aliphatic carbocycles. The zero-order valence-electron chi connectivity index (χ0n) is 19.4. The first-order valence-corrected chi connectivity index (χ1v) is 12.9. The third kappa shape index (κ3) is 6.03. The first kappa shape index (κ1) is 27.7. The molecule has 38 heavy (non-hydrogen) atoms. The van der Waals surface area contributed by atoms with Gasteiger partial charge < -0.3 is 14.6 Å². The van der Waals surface area contributed by atoms with Crippen molar-refractivity contribution in [3.63, 3.8) is 0 Å². The van der Waals surface area contributed by atoms with Crippen LogP contribution in [0.5, 0.6) is 5.75 Å². The summed E-state index contributed by atoms with van der Waals surface area (Å²) in [5.74, 6) is -1.71. The van der Waals surface area contributed by atoms with E-state index >= 15 is 0 Å². The first-order chi connectivity index (χ1) is 17.9. The predicted molar refractivity (Wildman–Crippen MR) is 129 cm³/mol. The SMILES string of the molecule is O=C(O)CO[C@@H]1Cc2ccc(OCc3c(F)cccc3Cl)cc2N(S(=O)(=O)c2cccc(C(F)(F)F)c2)C1. The van der Waals surface area contributed by atoms with Crippen LogP contribution in [-0.2, 0) is 38.8 Å². The van der Waals surface area contributed by atoms with E-state index in [1.807, 2.05) is 0 Å². The second kappa shape index (κ2) is 10.8. The van der Waals surface area contributed by atoms with Gasteiger partial charge in [0.05, 0.1) is 33.8 Å². The lowest BCUT2D eigenvalue weighted by Crippen LogP contribution is -2.44. The fourth-order valence-corrected chi connectivity index (χ4v) is 5.74. The van der Waals surface area contributed by atoms with Crippen LogP contribution in [0.2, 0.25) is 5.02 Å². The van der Waals surface area contributed by atoms with Crippen LogP contribution < -0.4 is 9.04 Å². The largest absolute Gasteiger partial charge is 0.489 e. The molecule has 0 aromatic heterocycles. The smallest absolute Gasteiger partial charge is 0.416 e. The molecule has 3 aromatic rings. The highest BCUT2D eigenvalue weighted by molar-refractivity contribution is 7.92. The summed E-state index contributed by atoms with van der Waals surface area (Å²) in [6.07, 6.45) is -5.52. The maximum atomic E-state index is 14.1. The fourth-order valence-electron chi connectivity index (χ4n) is 3.95. The van der Waals surface area contributed by atoms with Crippen LogP contribution in [0, 0.1) is 5.82 Å². The van der Waals surface area contributed by atoms with Crippen molar-refractivity contribution in [1.82, 2.24) is 0 Å². The number of sulfonamides is 1. The number of aliphatic carboxylic acids is 1. The van der Waals surface area contributed by atoms with E-state index in [1.54, 1.807) is 0 Å². The number of hydrogen-bond donors (Lipinski definition) is 1. The Morgan fingerprint density at radius 3 is 2.53 bits per heavy atom. The van der Waals surface area contributed by atoms with Gasteiger partial charge in [0.25, 0.3) is 10.0 Å². The number of ether oxygens (including phenoxy) is 2. The van der Waals surface area contributed by atoms with Gasteiger partial charge in [-0.1, -0.05) is 29.8 Å². The molecule has 0 radical (unpaired) electrons. The van der Waals surface area contributed by atoms with E-state index in [2.05, 4.69) is 0 Å². The van der Waals surface area contributed by atoms with Crippen molar-refractivity contribution >= 4 is 33.3 Å². The van der Waals surface area contributed by atoms with Gasteiger partial charge in [-0.15, -0.1) is 0 Å². The molecule has 4 rings (SSSR count). The van der Waals surface area contributed by atoms with Gasteiger partial charge in [-0.05, 0) is 42.0 Å². The highest BCUT2D eigenvalue weighted by atomic mass is 35.5. The molecule has 1 N–H and O–H groups in total. The van der Waals surface area contributed by atoms with Crippen LogP contribution in [0.15, 0.2) is 65.6 Å². The van der Waals surface area contributed by atoms with Crippen LogP contribution in [0.1, 0.15) is 16.7 Å². The van der Waals surface area contributed by atoms with E-state index in [0.29, 0.717) is 11.6 Å². The molecule has 1 heterocycles. The molecular formula is C25H20ClF4NO6S. The molecule has 0 saturated heterocycles. The van der Waals surface area contributed by atoms with E-state index in [0.717, 1.165) is 22.5 Å². The van der Waals surface area contributed by atoms with E-state index < -0.39 is 51.2 Å². The molecule has 0 amide bonds. The van der Waals surface area contributed by atoms with Crippen molar-refractivity contribution in [2.75, 3.05) is 17.5 Å². The molecule has 0 bridgehead atoms. The lowest BCUT2D eigenvalue weighted by molar-refractivity contribution is -0.144. The number of nitrogens with zero attached hydrogens (tertiary/aromatic N) is 1. The number of benzene rings is 3. The minimum absolute atomic E-state index is 0.0856. The summed E-state index contributed by atoms with van der Waals surface area (Å²) in [7, 11) is -4.56. The lowest BCUT2D eigenvalue weighted by atomic mass is 10.0. The molecule has 7 nitrogen and oxygen atoms in total. The monoisotopic (exact) mass is 573 g/mol. The van der Waals surface area contributed by atoms with Crippen LogP contribution >= 0.6 is 11.6 Å². The number of carboxylic acids is 1. The Morgan fingerprint density at radius 2 is 1.84 bits per heavy atom. The van der Waals surface area contributed by atoms with Crippen LogP contribution in [0.25, 0.3) is 0 Å². The number of hydrogen-bond acceptors (Lipinski definition) is 5. The van der Waals surface area contributed by atoms with Crippen molar-refractivity contribution < 1.29 is 45.4 Å². The van der Waals surface area contributed by atoms with Gasteiger partial charge in [0.15, 0.2) is 0 Å². The normalized spacial score (nSPS) is 15.7. The van der Waals surface area contributed by atoms with Gasteiger partial charge in [0.2, 0.25) is 0 Å². The fraction of sp³-hybridized carbons (Fsp3) is 0.240.